The highest BCUT2D eigenvalue weighted by molar-refractivity contribution is 5.80. The van der Waals surface area contributed by atoms with Crippen LogP contribution in [0.25, 0.3) is 0 Å². The molecule has 0 unspecified atom stereocenters. The molecule has 8 saturated heterocycles. The number of allylic oxidation sites excluding steroid dienone is 2. The maximum Gasteiger partial charge on any atom is 0.335 e. The van der Waals surface area contributed by atoms with Crippen LogP contribution in [0.1, 0.15) is 120 Å². The largest absolute Gasteiger partial charge is 0.479 e. The molecule has 42 heteroatoms. The van der Waals surface area contributed by atoms with Gasteiger partial charge in [0.1, 0.15) is 152 Å². The van der Waals surface area contributed by atoms with Gasteiger partial charge in [0.15, 0.2) is 62.3 Å². The number of carbonyl (C=O) groups excluding carboxylic acids is 3. The lowest BCUT2D eigenvalue weighted by Crippen LogP contribution is -2.69. The van der Waals surface area contributed by atoms with Gasteiger partial charge in [0.25, 0.3) is 0 Å². The van der Waals surface area contributed by atoms with Gasteiger partial charge in [-0.1, -0.05) is 53.2 Å². The summed E-state index contributed by atoms with van der Waals surface area (Å²) >= 11 is 0. The molecule has 42 nitrogen and oxygen atoms in total. The Bertz CT molecular complexity index is 3560. The minimum absolute atomic E-state index is 0.0330. The van der Waals surface area contributed by atoms with Gasteiger partial charge in [0.2, 0.25) is 6.29 Å². The van der Waals surface area contributed by atoms with Gasteiger partial charge in [-0.05, 0) is 111 Å². The number of hydrogen-bond acceptors (Lipinski definition) is 41. The van der Waals surface area contributed by atoms with Crippen LogP contribution >= 0.6 is 0 Å². The van der Waals surface area contributed by atoms with Crippen LogP contribution in [0.4, 0.5) is 0 Å². The normalized spacial score (nSPS) is 53.7. The molecule has 4 saturated carbocycles. The van der Waals surface area contributed by atoms with E-state index in [0.717, 1.165) is 18.8 Å². The predicted octanol–water partition coefficient (Wildman–Crippen LogP) is -7.95. The van der Waals surface area contributed by atoms with E-state index in [4.69, 9.17) is 80.5 Å². The lowest BCUT2D eigenvalue weighted by molar-refractivity contribution is -0.396. The summed E-state index contributed by atoms with van der Waals surface area (Å²) in [7, 11) is 0. The highest BCUT2D eigenvalue weighted by Crippen LogP contribution is 2.76. The molecule has 119 heavy (non-hydrogen) atoms. The molecule has 0 radical (unpaired) electrons. The SMILES string of the molecule is CC(=O)O[C@@H]1[C@H](O)[C@@H](O[C@@H]2O[C@@H](C)[C@H](O[C@@H]3OC[C@@H](O)[C@H](O[C@@H]4OC[C@](O)(CO)[C@@H]4O)[C@H]3O)[C@@H](O[C@@H]3O[C@H](CO)[C@@H](O)[C@H](O)[C@H]3O)[C@H]2O)[C@H](OC(=O)[C@]23CCC(C)(C)C[C@H]2C2=CC[C@@H]4[C@@]5(C)CC[C@H](O[C@@H]6O[C@H](C(=O)O)[C@@H](O)[C@H](O[C@@H]7OC[C@@H](O)[C@H](O)[C@H]7O)[C@H]6O[C@@H]6O[C@H](CO)[C@H](O)[C@H](O)[C@H]6O)[C@@](C)(C=O)[C@@H]5CC[C@@]4(C)[C@]2(C)C[C@H]3O)O[C@@H]1C. The number of aliphatic carboxylic acids is 1. The number of aliphatic hydroxyl groups excluding tert-OH is 19. The molecule has 21 N–H and O–H groups in total. The third kappa shape index (κ3) is 16.3. The van der Waals surface area contributed by atoms with Gasteiger partial charge in [-0.15, -0.1) is 0 Å². The minimum Gasteiger partial charge on any atom is -0.479 e. The van der Waals surface area contributed by atoms with E-state index < -0.39 is 335 Å². The van der Waals surface area contributed by atoms with Crippen molar-refractivity contribution in [1.29, 1.82) is 0 Å². The van der Waals surface area contributed by atoms with Crippen molar-refractivity contribution in [2.75, 3.05) is 39.6 Å². The standard InChI is InChI=1S/C77H120O42/c1-27-52(108-29(3)82)48(94)58(117-66-51(97)56(115-64-46(92)43(89)41(87)34(20-78)109-64)53(28(2)106-66)112-63-50(96)54(33(84)23-104-63)113-69-60(98)76(102,25-81)26-105-69)67(107-27)119-70(101)77-17-16-71(4,5)18-31(77)30-10-11-37-72(6)14-13-39(73(7,24-80)36(72)12-15-74(37,8)75(30,9)19-38(77)85)111-68-59(118-65-47(93)44(90)42(88)35(21-79)110-65)55(49(95)57(116-68)61(99)100)114-62-45(91)40(86)32(83)22-103-62/h10,24,27-28,31-60,62-69,78-79,81,83-98,102H,11-23,25-26H2,1-9H3,(H,99,100)/t27-,28+,31+,32-,33-,34-,35-,36-,37-,38-,39+,40+,41-,42+,43+,44+,45-,46-,47-,48+,49+,50-,51-,52+,53+,54+,55+,56+,57+,58-,59-,60-,62+,63+,64+,65+,66+,67+,68-,69+,72+,73+,74-,75-,76-,77-/m1/s1. The smallest absolute Gasteiger partial charge is 0.335 e. The molecular formula is C77H120O42. The number of carbonyl (C=O) groups is 4. The maximum atomic E-state index is 16.2. The number of aldehydes is 1. The van der Waals surface area contributed by atoms with Crippen molar-refractivity contribution in [1.82, 2.24) is 0 Å². The van der Waals surface area contributed by atoms with E-state index in [-0.39, 0.29) is 25.2 Å². The Kier molecular flexibility index (Phi) is 27.5. The minimum atomic E-state index is -2.25. The molecule has 13 rings (SSSR count). The average molecular weight is 1720 g/mol. The molecule has 5 aliphatic carbocycles. The summed E-state index contributed by atoms with van der Waals surface area (Å²) in [5.41, 5.74) is -7.52. The summed E-state index contributed by atoms with van der Waals surface area (Å²) in [6, 6.07) is 0. The Morgan fingerprint density at radius 3 is 1.63 bits per heavy atom. The topological polar surface area (TPSA) is 650 Å². The van der Waals surface area contributed by atoms with Gasteiger partial charge >= 0.3 is 17.9 Å². The highest BCUT2D eigenvalue weighted by Gasteiger charge is 2.74. The Balaban J connectivity index is 0.777. The van der Waals surface area contributed by atoms with Crippen LogP contribution in [-0.4, -0.2) is 404 Å². The highest BCUT2D eigenvalue weighted by atomic mass is 16.8. The van der Waals surface area contributed by atoms with Crippen LogP contribution in [0.5, 0.6) is 0 Å². The van der Waals surface area contributed by atoms with Crippen LogP contribution in [-0.2, 0) is 99.7 Å². The number of ether oxygens (including phenoxy) is 17. The third-order valence-electron chi connectivity index (χ3n) is 29.0. The van der Waals surface area contributed by atoms with Crippen molar-refractivity contribution < 1.29 is 207 Å². The molecule has 46 atom stereocenters. The number of hydrogen-bond donors (Lipinski definition) is 21. The molecule has 0 bridgehead atoms. The zero-order chi connectivity index (χ0) is 86.9. The molecular weight excluding hydrogens is 1600 g/mol. The molecule has 12 fully saturated rings. The fourth-order valence-electron chi connectivity index (χ4n) is 21.8. The van der Waals surface area contributed by atoms with Crippen molar-refractivity contribution in [2.24, 2.45) is 50.2 Å². The second kappa shape index (κ2) is 35.2. The molecule has 0 aromatic heterocycles. The lowest BCUT2D eigenvalue weighted by Gasteiger charge is -2.71. The first-order chi connectivity index (χ1) is 55.8. The van der Waals surface area contributed by atoms with E-state index in [1.165, 1.54) is 13.8 Å². The van der Waals surface area contributed by atoms with Crippen LogP contribution in [0.2, 0.25) is 0 Å². The first-order valence-corrected chi connectivity index (χ1v) is 40.8. The van der Waals surface area contributed by atoms with E-state index in [1.54, 1.807) is 6.92 Å². The second-order valence-electron chi connectivity index (χ2n) is 36.7. The zero-order valence-electron chi connectivity index (χ0n) is 67.3. The maximum absolute atomic E-state index is 16.2. The molecule has 0 spiro atoms. The molecule has 0 amide bonds. The quantitative estimate of drug-likeness (QED) is 0.0207. The van der Waals surface area contributed by atoms with Gasteiger partial charge in [-0.25, -0.2) is 4.79 Å². The molecule has 680 valence electrons. The molecule has 0 aromatic rings. The number of carboxylic acid groups (broad SMARTS) is 1. The summed E-state index contributed by atoms with van der Waals surface area (Å²) in [5.74, 6) is -5.26. The van der Waals surface area contributed by atoms with Gasteiger partial charge in [-0.3, -0.25) is 9.59 Å². The molecule has 8 aliphatic heterocycles. The Labute approximate surface area is 683 Å². The van der Waals surface area contributed by atoms with Gasteiger partial charge in [0, 0.05) is 6.92 Å². The third-order valence-corrected chi connectivity index (χ3v) is 29.0. The number of fused-ring (bicyclic) bond motifs is 7. The Morgan fingerprint density at radius 2 is 1.03 bits per heavy atom. The van der Waals surface area contributed by atoms with Crippen LogP contribution in [0.15, 0.2) is 11.6 Å². The number of rotatable bonds is 22. The fraction of sp³-hybridized carbons (Fsp3) is 0.922. The second-order valence-corrected chi connectivity index (χ2v) is 36.7. The predicted molar refractivity (Wildman–Crippen MR) is 384 cm³/mol. The van der Waals surface area contributed by atoms with E-state index in [0.29, 0.717) is 38.5 Å². The van der Waals surface area contributed by atoms with Crippen molar-refractivity contribution in [3.05, 3.63) is 11.6 Å². The zero-order valence-corrected chi connectivity index (χ0v) is 67.3. The summed E-state index contributed by atoms with van der Waals surface area (Å²) in [6.07, 6.45) is -64.2. The van der Waals surface area contributed by atoms with Crippen LogP contribution in [0.3, 0.4) is 0 Å². The van der Waals surface area contributed by atoms with Crippen molar-refractivity contribution >= 4 is 24.2 Å². The van der Waals surface area contributed by atoms with Crippen molar-refractivity contribution in [2.45, 2.75) is 353 Å². The first kappa shape index (κ1) is 93.1. The van der Waals surface area contributed by atoms with E-state index in [9.17, 15) is 122 Å². The van der Waals surface area contributed by atoms with Gasteiger partial charge < -0.3 is 193 Å². The summed E-state index contributed by atoms with van der Waals surface area (Å²) < 4.78 is 103. The van der Waals surface area contributed by atoms with Crippen LogP contribution < -0.4 is 0 Å². The first-order valence-electron chi connectivity index (χ1n) is 40.8. The van der Waals surface area contributed by atoms with E-state index >= 15 is 4.79 Å². The fourth-order valence-corrected chi connectivity index (χ4v) is 21.8. The van der Waals surface area contributed by atoms with Gasteiger partial charge in [-0.2, -0.15) is 0 Å². The van der Waals surface area contributed by atoms with Crippen molar-refractivity contribution in [3.8, 4) is 0 Å². The Hall–Kier alpha value is -3.58. The lowest BCUT2D eigenvalue weighted by atomic mass is 9.33. The molecule has 13 aliphatic rings. The summed E-state index contributed by atoms with van der Waals surface area (Å²) in [5, 5.41) is 233. The number of aliphatic hydroxyl groups is 20. The summed E-state index contributed by atoms with van der Waals surface area (Å²) in [6.45, 7) is 11.2. The molecule has 8 heterocycles. The monoisotopic (exact) mass is 1720 g/mol. The van der Waals surface area contributed by atoms with Crippen LogP contribution in [0, 0.1) is 50.2 Å². The molecule has 0 aromatic carbocycles. The number of esters is 2. The van der Waals surface area contributed by atoms with E-state index in [2.05, 4.69) is 26.8 Å². The number of carboxylic acids is 1. The van der Waals surface area contributed by atoms with Crippen molar-refractivity contribution in [3.63, 3.8) is 0 Å². The Morgan fingerprint density at radius 1 is 0.496 bits per heavy atom. The van der Waals surface area contributed by atoms with E-state index in [1.807, 2.05) is 13.8 Å². The summed E-state index contributed by atoms with van der Waals surface area (Å²) in [4.78, 5) is 56.4. The average Bonchev–Trinajstić information content (AvgIpc) is 0.698. The van der Waals surface area contributed by atoms with Gasteiger partial charge in [0.05, 0.1) is 69.5 Å².